The Balaban J connectivity index is 1.58. The Bertz CT molecular complexity index is 1040. The molecule has 3 aromatic rings. The first-order chi connectivity index (χ1) is 13.6. The second-order valence-corrected chi connectivity index (χ2v) is 7.02. The highest BCUT2D eigenvalue weighted by Crippen LogP contribution is 2.34. The lowest BCUT2D eigenvalue weighted by molar-refractivity contribution is -0.117. The van der Waals surface area contributed by atoms with Gasteiger partial charge in [0.1, 0.15) is 5.75 Å². The number of hydrogen-bond acceptors (Lipinski definition) is 3. The Kier molecular flexibility index (Phi) is 4.74. The van der Waals surface area contributed by atoms with Gasteiger partial charge >= 0.3 is 0 Å². The largest absolute Gasteiger partial charge is 0.495 e. The highest BCUT2D eigenvalue weighted by molar-refractivity contribution is 6.08. The van der Waals surface area contributed by atoms with E-state index < -0.39 is 0 Å². The molecule has 4 rings (SSSR count). The number of ketones is 1. The fourth-order valence-electron chi connectivity index (χ4n) is 3.78. The van der Waals surface area contributed by atoms with Crippen molar-refractivity contribution in [2.24, 2.45) is 0 Å². The fourth-order valence-corrected chi connectivity index (χ4v) is 3.78. The monoisotopic (exact) mass is 374 g/mol. The average molecular weight is 374 g/mol. The van der Waals surface area contributed by atoms with Crippen molar-refractivity contribution < 1.29 is 14.3 Å². The van der Waals surface area contributed by atoms with Crippen LogP contribution in [0.4, 0.5) is 5.69 Å². The zero-order valence-corrected chi connectivity index (χ0v) is 15.9. The first-order valence-corrected chi connectivity index (χ1v) is 9.33. The summed E-state index contributed by atoms with van der Waals surface area (Å²) in [7, 11) is 1.59. The van der Waals surface area contributed by atoms with Crippen LogP contribution in [0.3, 0.4) is 0 Å². The van der Waals surface area contributed by atoms with Crippen LogP contribution in [0.5, 0.6) is 5.75 Å². The van der Waals surface area contributed by atoms with Crippen molar-refractivity contribution in [2.45, 2.75) is 25.8 Å². The van der Waals surface area contributed by atoms with Gasteiger partial charge in [-0.25, -0.2) is 0 Å². The third-order valence-corrected chi connectivity index (χ3v) is 5.21. The van der Waals surface area contributed by atoms with Crippen LogP contribution in [0, 0.1) is 6.92 Å². The molecule has 1 N–H and O–H groups in total. The molecule has 2 aromatic carbocycles. The summed E-state index contributed by atoms with van der Waals surface area (Å²) in [5.74, 6) is 0.238. The van der Waals surface area contributed by atoms with Crippen LogP contribution in [-0.2, 0) is 11.3 Å². The molecule has 142 valence electrons. The van der Waals surface area contributed by atoms with E-state index in [1.807, 2.05) is 72.2 Å². The second-order valence-electron chi connectivity index (χ2n) is 7.02. The number of amides is 1. The minimum atomic E-state index is -0.289. The minimum Gasteiger partial charge on any atom is -0.495 e. The Morgan fingerprint density at radius 3 is 2.61 bits per heavy atom. The number of carbonyl (C=O) groups excluding carboxylic acids is 2. The number of methoxy groups -OCH3 is 1. The number of rotatable bonds is 5. The summed E-state index contributed by atoms with van der Waals surface area (Å²) in [6.45, 7) is 2.62. The molecular weight excluding hydrogens is 352 g/mol. The van der Waals surface area contributed by atoms with Crippen molar-refractivity contribution in [3.8, 4) is 5.75 Å². The van der Waals surface area contributed by atoms with Crippen LogP contribution in [0.15, 0.2) is 60.7 Å². The summed E-state index contributed by atoms with van der Waals surface area (Å²) < 4.78 is 7.32. The maximum Gasteiger partial charge on any atom is 0.233 e. The molecule has 1 aromatic heterocycles. The van der Waals surface area contributed by atoms with E-state index in [0.29, 0.717) is 35.7 Å². The molecule has 1 atom stereocenters. The predicted molar refractivity (Wildman–Crippen MR) is 108 cm³/mol. The summed E-state index contributed by atoms with van der Waals surface area (Å²) in [5, 5.41) is 2.99. The van der Waals surface area contributed by atoms with Gasteiger partial charge in [0.05, 0.1) is 24.4 Å². The van der Waals surface area contributed by atoms with Crippen LogP contribution in [0.2, 0.25) is 0 Å². The number of nitrogens with one attached hydrogen (secondary N) is 1. The van der Waals surface area contributed by atoms with Crippen LogP contribution >= 0.6 is 0 Å². The summed E-state index contributed by atoms with van der Waals surface area (Å²) >= 11 is 0. The maximum absolute atomic E-state index is 12.9. The van der Waals surface area contributed by atoms with Crippen molar-refractivity contribution in [3.05, 3.63) is 83.2 Å². The van der Waals surface area contributed by atoms with Gasteiger partial charge in [0.15, 0.2) is 0 Å². The molecule has 1 amide bonds. The highest BCUT2D eigenvalue weighted by atomic mass is 16.5. The molecule has 0 unspecified atom stereocenters. The van der Waals surface area contributed by atoms with E-state index in [-0.39, 0.29) is 17.6 Å². The molecule has 0 fully saturated rings. The molecule has 5 heteroatoms. The lowest BCUT2D eigenvalue weighted by atomic mass is 10.0. The Labute approximate surface area is 163 Å². The van der Waals surface area contributed by atoms with Gasteiger partial charge in [-0.3, -0.25) is 9.59 Å². The van der Waals surface area contributed by atoms with Gasteiger partial charge < -0.3 is 14.6 Å². The van der Waals surface area contributed by atoms with Crippen molar-refractivity contribution in [1.29, 1.82) is 0 Å². The van der Waals surface area contributed by atoms with E-state index in [1.165, 1.54) is 0 Å². The SMILES string of the molecule is COc1ccc(C)cc1NC(=O)[C@H]1CCn2c(C(=O)c3ccccc3)ccc21. The van der Waals surface area contributed by atoms with Gasteiger partial charge in [-0.1, -0.05) is 36.4 Å². The first-order valence-electron chi connectivity index (χ1n) is 9.33. The summed E-state index contributed by atoms with van der Waals surface area (Å²) in [5.41, 5.74) is 3.87. The third kappa shape index (κ3) is 3.20. The minimum absolute atomic E-state index is 0.0201. The zero-order chi connectivity index (χ0) is 19.7. The standard InChI is InChI=1S/C23H22N2O3/c1-15-8-11-21(28-2)18(14-15)24-23(27)17-12-13-25-19(17)9-10-20(25)22(26)16-6-4-3-5-7-16/h3-11,14,17H,12-13H2,1-2H3,(H,24,27)/t17-/m0/s1. The van der Waals surface area contributed by atoms with E-state index in [0.717, 1.165) is 11.3 Å². The van der Waals surface area contributed by atoms with Crippen LogP contribution in [0.1, 0.15) is 39.6 Å². The van der Waals surface area contributed by atoms with Crippen molar-refractivity contribution in [2.75, 3.05) is 12.4 Å². The van der Waals surface area contributed by atoms with Gasteiger partial charge in [0.2, 0.25) is 11.7 Å². The molecule has 0 radical (unpaired) electrons. The van der Waals surface area contributed by atoms with Crippen LogP contribution < -0.4 is 10.1 Å². The molecule has 28 heavy (non-hydrogen) atoms. The molecule has 0 bridgehead atoms. The normalized spacial score (nSPS) is 15.1. The van der Waals surface area contributed by atoms with Crippen molar-refractivity contribution >= 4 is 17.4 Å². The zero-order valence-electron chi connectivity index (χ0n) is 15.9. The number of aryl methyl sites for hydroxylation is 1. The highest BCUT2D eigenvalue weighted by Gasteiger charge is 2.32. The summed E-state index contributed by atoms with van der Waals surface area (Å²) in [4.78, 5) is 25.8. The van der Waals surface area contributed by atoms with Crippen molar-refractivity contribution in [1.82, 2.24) is 4.57 Å². The average Bonchev–Trinajstić information content (AvgIpc) is 3.30. The van der Waals surface area contributed by atoms with Crippen molar-refractivity contribution in [3.63, 3.8) is 0 Å². The van der Waals surface area contributed by atoms with Gasteiger partial charge in [-0.2, -0.15) is 0 Å². The quantitative estimate of drug-likeness (QED) is 0.682. The number of ether oxygens (including phenoxy) is 1. The molecule has 1 aliphatic rings. The maximum atomic E-state index is 12.9. The van der Waals surface area contributed by atoms with E-state index in [4.69, 9.17) is 4.74 Å². The molecule has 0 aliphatic carbocycles. The smallest absolute Gasteiger partial charge is 0.233 e. The van der Waals surface area contributed by atoms with Gasteiger partial charge in [-0.15, -0.1) is 0 Å². The molecule has 5 nitrogen and oxygen atoms in total. The number of hydrogen-bond donors (Lipinski definition) is 1. The van der Waals surface area contributed by atoms with E-state index in [1.54, 1.807) is 7.11 Å². The second kappa shape index (κ2) is 7.35. The number of aromatic nitrogens is 1. The van der Waals surface area contributed by atoms with E-state index >= 15 is 0 Å². The van der Waals surface area contributed by atoms with Crippen LogP contribution in [-0.4, -0.2) is 23.4 Å². The molecular formula is C23H22N2O3. The predicted octanol–water partition coefficient (Wildman–Crippen LogP) is 4.16. The number of nitrogens with zero attached hydrogens (tertiary/aromatic N) is 1. The van der Waals surface area contributed by atoms with Gasteiger partial charge in [-0.05, 0) is 43.2 Å². The fraction of sp³-hybridized carbons (Fsp3) is 0.217. The Hall–Kier alpha value is -3.34. The molecule has 0 saturated carbocycles. The Morgan fingerprint density at radius 2 is 1.86 bits per heavy atom. The topological polar surface area (TPSA) is 60.3 Å². The number of fused-ring (bicyclic) bond motifs is 1. The lowest BCUT2D eigenvalue weighted by Crippen LogP contribution is -2.20. The lowest BCUT2D eigenvalue weighted by Gasteiger charge is -2.14. The van der Waals surface area contributed by atoms with Gasteiger partial charge in [0.25, 0.3) is 0 Å². The number of anilines is 1. The first kappa shape index (κ1) is 18.0. The third-order valence-electron chi connectivity index (χ3n) is 5.21. The van der Waals surface area contributed by atoms with Crippen LogP contribution in [0.25, 0.3) is 0 Å². The molecule has 0 saturated heterocycles. The Morgan fingerprint density at radius 1 is 1.07 bits per heavy atom. The van der Waals surface area contributed by atoms with Gasteiger partial charge in [0, 0.05) is 17.8 Å². The summed E-state index contributed by atoms with van der Waals surface area (Å²) in [6, 6.07) is 18.6. The van der Waals surface area contributed by atoms with E-state index in [9.17, 15) is 9.59 Å². The molecule has 1 aliphatic heterocycles. The summed E-state index contributed by atoms with van der Waals surface area (Å²) in [6.07, 6.45) is 0.672. The number of carbonyl (C=O) groups is 2. The number of benzene rings is 2. The molecule has 0 spiro atoms. The molecule has 2 heterocycles. The van der Waals surface area contributed by atoms with E-state index in [2.05, 4.69) is 5.32 Å².